The molecule has 4 rings (SSSR count). The van der Waals surface area contributed by atoms with Gasteiger partial charge in [0.05, 0.1) is 26.4 Å². The summed E-state index contributed by atoms with van der Waals surface area (Å²) in [5.74, 6) is -0.875. The van der Waals surface area contributed by atoms with Crippen molar-refractivity contribution in [3.05, 3.63) is 0 Å². The lowest BCUT2D eigenvalue weighted by Crippen LogP contribution is -2.30. The molecule has 8 atom stereocenters. The van der Waals surface area contributed by atoms with Crippen LogP contribution in [0.3, 0.4) is 0 Å². The third-order valence-corrected chi connectivity index (χ3v) is 5.17. The summed E-state index contributed by atoms with van der Waals surface area (Å²) in [6.45, 7) is 8.67. The van der Waals surface area contributed by atoms with Gasteiger partial charge in [0, 0.05) is 12.8 Å². The zero-order valence-corrected chi connectivity index (χ0v) is 20.1. The van der Waals surface area contributed by atoms with Gasteiger partial charge in [0.15, 0.2) is 0 Å². The molecular formula is C22H40O12. The van der Waals surface area contributed by atoms with Gasteiger partial charge in [-0.15, -0.1) is 0 Å². The highest BCUT2D eigenvalue weighted by atomic mass is 16.6. The molecule has 6 N–H and O–H groups in total. The van der Waals surface area contributed by atoms with Gasteiger partial charge in [-0.25, -0.2) is 0 Å². The molecule has 0 bridgehead atoms. The van der Waals surface area contributed by atoms with E-state index in [2.05, 4.69) is 0 Å². The van der Waals surface area contributed by atoms with Crippen LogP contribution in [0.5, 0.6) is 0 Å². The second kappa shape index (κ2) is 14.9. The predicted molar refractivity (Wildman–Crippen MR) is 117 cm³/mol. The first-order chi connectivity index (χ1) is 15.8. The van der Waals surface area contributed by atoms with Crippen LogP contribution in [0.15, 0.2) is 0 Å². The van der Waals surface area contributed by atoms with Crippen LogP contribution >= 0.6 is 0 Å². The van der Waals surface area contributed by atoms with Gasteiger partial charge in [-0.05, 0) is 11.8 Å². The lowest BCUT2D eigenvalue weighted by molar-refractivity contribution is -0.138. The summed E-state index contributed by atoms with van der Waals surface area (Å²) in [5, 5.41) is 52.8. The Hall–Kier alpha value is -1.38. The Kier molecular flexibility index (Phi) is 13.4. The molecule has 0 aromatic heterocycles. The molecule has 0 aliphatic carbocycles. The van der Waals surface area contributed by atoms with Crippen molar-refractivity contribution in [1.82, 2.24) is 0 Å². The highest BCUT2D eigenvalue weighted by Gasteiger charge is 2.47. The molecule has 34 heavy (non-hydrogen) atoms. The number of rotatable bonds is 4. The van der Waals surface area contributed by atoms with Gasteiger partial charge in [-0.2, -0.15) is 0 Å². The van der Waals surface area contributed by atoms with Gasteiger partial charge in [-0.3, -0.25) is 9.59 Å². The second-order valence-corrected chi connectivity index (χ2v) is 9.44. The fourth-order valence-electron chi connectivity index (χ4n) is 3.62. The maximum absolute atomic E-state index is 9.81. The number of fused-ring (bicyclic) bond motifs is 2. The molecule has 0 aromatic rings. The number of aliphatic carboxylic acids is 2. The molecule has 0 radical (unpaired) electrons. The number of aliphatic hydroxyl groups is 4. The Morgan fingerprint density at radius 1 is 0.588 bits per heavy atom. The number of carbonyl (C=O) groups is 2. The molecular weight excluding hydrogens is 456 g/mol. The summed E-state index contributed by atoms with van der Waals surface area (Å²) in [5.41, 5.74) is 0. The van der Waals surface area contributed by atoms with Crippen molar-refractivity contribution in [2.75, 3.05) is 26.4 Å². The van der Waals surface area contributed by atoms with E-state index in [9.17, 15) is 9.59 Å². The van der Waals surface area contributed by atoms with Crippen molar-refractivity contribution >= 4 is 11.9 Å². The predicted octanol–water partition coefficient (Wildman–Crippen LogP) is -0.754. The van der Waals surface area contributed by atoms with Crippen molar-refractivity contribution < 1.29 is 59.2 Å². The summed E-state index contributed by atoms with van der Waals surface area (Å²) in [6.07, 6.45) is -2.84. The lowest BCUT2D eigenvalue weighted by atomic mass is 10.1. The SMILES string of the molecule is CC(C)CC(=O)O.CC(C)CC(=O)O.O[C@@H]1CO[C@H]2[C@@H]1OC[C@@H]2O.O[C@@H]1CO[C@H]2[C@@H]1OC[C@@H]2O. The highest BCUT2D eigenvalue weighted by Crippen LogP contribution is 2.27. The van der Waals surface area contributed by atoms with Crippen molar-refractivity contribution in [2.45, 2.75) is 89.4 Å². The van der Waals surface area contributed by atoms with Crippen LogP contribution in [0.25, 0.3) is 0 Å². The minimum atomic E-state index is -0.713. The van der Waals surface area contributed by atoms with Crippen LogP contribution in [0.2, 0.25) is 0 Å². The van der Waals surface area contributed by atoms with Gasteiger partial charge in [-0.1, -0.05) is 27.7 Å². The first kappa shape index (κ1) is 30.7. The smallest absolute Gasteiger partial charge is 0.303 e. The Morgan fingerprint density at radius 2 is 0.794 bits per heavy atom. The second-order valence-electron chi connectivity index (χ2n) is 9.44. The monoisotopic (exact) mass is 496 g/mol. The maximum Gasteiger partial charge on any atom is 0.303 e. The minimum absolute atomic E-state index is 0.275. The van der Waals surface area contributed by atoms with Crippen LogP contribution < -0.4 is 0 Å². The average molecular weight is 497 g/mol. The zero-order valence-electron chi connectivity index (χ0n) is 20.1. The van der Waals surface area contributed by atoms with Crippen molar-refractivity contribution in [3.63, 3.8) is 0 Å². The van der Waals surface area contributed by atoms with Crippen LogP contribution in [-0.4, -0.2) is 118 Å². The average Bonchev–Trinajstić information content (AvgIpc) is 3.44. The fraction of sp³-hybridized carbons (Fsp3) is 0.909. The number of hydrogen-bond donors (Lipinski definition) is 6. The summed E-state index contributed by atoms with van der Waals surface area (Å²) in [7, 11) is 0. The van der Waals surface area contributed by atoms with E-state index in [1.54, 1.807) is 0 Å². The topological polar surface area (TPSA) is 192 Å². The van der Waals surface area contributed by atoms with Crippen LogP contribution in [-0.2, 0) is 28.5 Å². The summed E-state index contributed by atoms with van der Waals surface area (Å²) < 4.78 is 20.3. The normalized spacial score (nSPS) is 35.4. The molecule has 0 spiro atoms. The third kappa shape index (κ3) is 10.5. The Balaban J connectivity index is 0.000000231. The molecule has 0 amide bonds. The number of ether oxygens (including phenoxy) is 4. The quantitative estimate of drug-likeness (QED) is 0.286. The summed E-state index contributed by atoms with van der Waals surface area (Å²) >= 11 is 0. The van der Waals surface area contributed by atoms with Gasteiger partial charge in [0.1, 0.15) is 48.8 Å². The molecule has 12 nitrogen and oxygen atoms in total. The Bertz CT molecular complexity index is 529. The maximum atomic E-state index is 9.81. The van der Waals surface area contributed by atoms with Crippen molar-refractivity contribution in [2.24, 2.45) is 11.8 Å². The van der Waals surface area contributed by atoms with Gasteiger partial charge in [0.25, 0.3) is 0 Å². The van der Waals surface area contributed by atoms with Gasteiger partial charge >= 0.3 is 11.9 Å². The molecule has 0 unspecified atom stereocenters. The number of carboxylic acids is 2. The van der Waals surface area contributed by atoms with Crippen LogP contribution in [0.1, 0.15) is 40.5 Å². The largest absolute Gasteiger partial charge is 0.481 e. The van der Waals surface area contributed by atoms with Crippen LogP contribution in [0, 0.1) is 11.8 Å². The van der Waals surface area contributed by atoms with E-state index in [-0.39, 0.29) is 75.5 Å². The van der Waals surface area contributed by atoms with E-state index in [1.807, 2.05) is 27.7 Å². The fourth-order valence-corrected chi connectivity index (χ4v) is 3.62. The van der Waals surface area contributed by atoms with E-state index in [4.69, 9.17) is 49.6 Å². The molecule has 4 saturated heterocycles. The molecule has 4 fully saturated rings. The van der Waals surface area contributed by atoms with Gasteiger partial charge in [0.2, 0.25) is 0 Å². The van der Waals surface area contributed by atoms with Crippen molar-refractivity contribution in [1.29, 1.82) is 0 Å². The highest BCUT2D eigenvalue weighted by molar-refractivity contribution is 5.67. The molecule has 200 valence electrons. The molecule has 4 aliphatic heterocycles. The first-order valence-corrected chi connectivity index (χ1v) is 11.5. The van der Waals surface area contributed by atoms with E-state index < -0.39 is 36.4 Å². The van der Waals surface area contributed by atoms with E-state index in [1.165, 1.54) is 0 Å². The van der Waals surface area contributed by atoms with E-state index in [0.717, 1.165) is 0 Å². The minimum Gasteiger partial charge on any atom is -0.481 e. The molecule has 0 saturated carbocycles. The van der Waals surface area contributed by atoms with E-state index >= 15 is 0 Å². The number of hydrogen-bond acceptors (Lipinski definition) is 10. The standard InChI is InChI=1S/2C6H10O4.2C5H10O2/c2*7-3-1-9-6-4(8)2-10-5(3)6;2*1-4(2)3-5(6)7/h2*3-8H,1-2H2;2*4H,3H2,1-2H3,(H,6,7)/t2*3-,4+,5-,6-;;/m11../s1. The zero-order chi connectivity index (χ0) is 26.0. The molecule has 0 aromatic carbocycles. The van der Waals surface area contributed by atoms with Crippen molar-refractivity contribution in [3.8, 4) is 0 Å². The van der Waals surface area contributed by atoms with Crippen LogP contribution in [0.4, 0.5) is 0 Å². The molecule has 4 heterocycles. The third-order valence-electron chi connectivity index (χ3n) is 5.17. The Labute approximate surface area is 199 Å². The Morgan fingerprint density at radius 3 is 0.912 bits per heavy atom. The summed E-state index contributed by atoms with van der Waals surface area (Å²) in [6, 6.07) is 0. The molecule has 4 aliphatic rings. The molecule has 12 heteroatoms. The number of aliphatic hydroxyl groups excluding tert-OH is 4. The van der Waals surface area contributed by atoms with Gasteiger partial charge < -0.3 is 49.6 Å². The summed E-state index contributed by atoms with van der Waals surface area (Å²) in [4.78, 5) is 19.6. The number of carboxylic acid groups (broad SMARTS) is 2. The van der Waals surface area contributed by atoms with E-state index in [0.29, 0.717) is 0 Å². The first-order valence-electron chi connectivity index (χ1n) is 11.5. The lowest BCUT2D eigenvalue weighted by Gasteiger charge is -2.09.